The van der Waals surface area contributed by atoms with Crippen molar-refractivity contribution >= 4 is 20.1 Å². The van der Waals surface area contributed by atoms with Crippen molar-refractivity contribution in [1.82, 2.24) is 0 Å². The summed E-state index contributed by atoms with van der Waals surface area (Å²) in [4.78, 5) is 13.9. The molecule has 0 aliphatic carbocycles. The molecule has 0 fully saturated rings. The minimum absolute atomic E-state index is 0.562. The molecule has 4 heteroatoms. The second kappa shape index (κ2) is 4.42. The van der Waals surface area contributed by atoms with Crippen molar-refractivity contribution in [2.45, 2.75) is 26.6 Å². The van der Waals surface area contributed by atoms with Crippen molar-refractivity contribution in [3.8, 4) is 5.75 Å². The van der Waals surface area contributed by atoms with E-state index in [1.165, 1.54) is 0 Å². The van der Waals surface area contributed by atoms with E-state index in [4.69, 9.17) is 4.43 Å². The predicted molar refractivity (Wildman–Crippen MR) is 62.9 cm³/mol. The molecule has 15 heavy (non-hydrogen) atoms. The summed E-state index contributed by atoms with van der Waals surface area (Å²) >= 11 is 0. The minimum Gasteiger partial charge on any atom is -0.543 e. The Morgan fingerprint density at radius 2 is 2.00 bits per heavy atom. The largest absolute Gasteiger partial charge is 0.543 e. The molecule has 0 saturated heterocycles. The Bertz CT molecular complexity index is 404. The van der Waals surface area contributed by atoms with Crippen LogP contribution in [-0.4, -0.2) is 14.4 Å². The van der Waals surface area contributed by atoms with Crippen molar-refractivity contribution in [2.24, 2.45) is 4.99 Å². The van der Waals surface area contributed by atoms with E-state index in [-0.39, 0.29) is 0 Å². The second-order valence-electron chi connectivity index (χ2n) is 4.39. The van der Waals surface area contributed by atoms with Crippen LogP contribution in [0.15, 0.2) is 23.2 Å². The fourth-order valence-electron chi connectivity index (χ4n) is 1.18. The van der Waals surface area contributed by atoms with Crippen LogP contribution in [0.1, 0.15) is 5.56 Å². The number of aliphatic imine (C=N–C) groups is 1. The normalized spacial score (nSPS) is 10.7. The molecule has 0 amide bonds. The molecule has 0 N–H and O–H groups in total. The van der Waals surface area contributed by atoms with Gasteiger partial charge in [-0.3, -0.25) is 0 Å². The van der Waals surface area contributed by atoms with E-state index in [0.29, 0.717) is 11.4 Å². The van der Waals surface area contributed by atoms with E-state index >= 15 is 0 Å². The monoisotopic (exact) mass is 221 g/mol. The lowest BCUT2D eigenvalue weighted by molar-refractivity contribution is 0.554. The molecule has 0 heterocycles. The maximum Gasteiger partial charge on any atom is 0.242 e. The number of nitrogens with zero attached hydrogens (tertiary/aromatic N) is 1. The summed E-state index contributed by atoms with van der Waals surface area (Å²) in [6.07, 6.45) is 1.55. The van der Waals surface area contributed by atoms with Gasteiger partial charge in [-0.1, -0.05) is 6.07 Å². The van der Waals surface area contributed by atoms with Crippen molar-refractivity contribution < 1.29 is 9.22 Å². The molecule has 3 nitrogen and oxygen atoms in total. The summed E-state index contributed by atoms with van der Waals surface area (Å²) in [5.41, 5.74) is 1.61. The highest BCUT2D eigenvalue weighted by atomic mass is 28.4. The summed E-state index contributed by atoms with van der Waals surface area (Å²) in [6.45, 7) is 8.20. The number of hydrogen-bond acceptors (Lipinski definition) is 3. The Labute approximate surface area is 90.9 Å². The first-order valence-corrected chi connectivity index (χ1v) is 8.21. The Kier molecular flexibility index (Phi) is 3.45. The Balaban J connectivity index is 3.11. The molecule has 0 bridgehead atoms. The first kappa shape index (κ1) is 11.7. The van der Waals surface area contributed by atoms with Crippen LogP contribution in [0.4, 0.5) is 5.69 Å². The van der Waals surface area contributed by atoms with Crippen LogP contribution in [0.25, 0.3) is 0 Å². The van der Waals surface area contributed by atoms with Gasteiger partial charge in [-0.25, -0.2) is 4.79 Å². The van der Waals surface area contributed by atoms with E-state index in [1.54, 1.807) is 6.08 Å². The van der Waals surface area contributed by atoms with Crippen molar-refractivity contribution in [3.63, 3.8) is 0 Å². The van der Waals surface area contributed by atoms with E-state index in [9.17, 15) is 4.79 Å². The number of aryl methyl sites for hydroxylation is 1. The van der Waals surface area contributed by atoms with Crippen molar-refractivity contribution in [2.75, 3.05) is 0 Å². The highest BCUT2D eigenvalue weighted by Crippen LogP contribution is 2.30. The Morgan fingerprint density at radius 3 is 2.53 bits per heavy atom. The van der Waals surface area contributed by atoms with Gasteiger partial charge in [0.05, 0.1) is 0 Å². The number of hydrogen-bond donors (Lipinski definition) is 0. The first-order chi connectivity index (χ1) is 6.92. The minimum atomic E-state index is -1.67. The molecular weight excluding hydrogens is 206 g/mol. The van der Waals surface area contributed by atoms with Crippen LogP contribution < -0.4 is 4.43 Å². The number of isocyanates is 1. The predicted octanol–water partition coefficient (Wildman–Crippen LogP) is 3.18. The van der Waals surface area contributed by atoms with Gasteiger partial charge in [0.1, 0.15) is 11.4 Å². The fourth-order valence-corrected chi connectivity index (χ4v) is 2.01. The maximum atomic E-state index is 10.3. The second-order valence-corrected chi connectivity index (χ2v) is 8.82. The number of carbonyl (C=O) groups excluding carboxylic acids is 1. The van der Waals surface area contributed by atoms with Crippen molar-refractivity contribution in [1.29, 1.82) is 0 Å². The molecule has 80 valence electrons. The third-order valence-electron chi connectivity index (χ3n) is 1.70. The maximum absolute atomic E-state index is 10.3. The SMILES string of the molecule is Cc1ccc(O[Si](C)(C)C)c(N=C=O)c1. The van der Waals surface area contributed by atoms with Gasteiger partial charge in [0.15, 0.2) is 0 Å². The summed E-state index contributed by atoms with van der Waals surface area (Å²) in [5, 5.41) is 0. The zero-order valence-electron chi connectivity index (χ0n) is 9.50. The topological polar surface area (TPSA) is 38.7 Å². The average molecular weight is 221 g/mol. The van der Waals surface area contributed by atoms with Gasteiger partial charge < -0.3 is 4.43 Å². The van der Waals surface area contributed by atoms with Crippen LogP contribution in [0, 0.1) is 6.92 Å². The molecule has 0 saturated carbocycles. The highest BCUT2D eigenvalue weighted by molar-refractivity contribution is 6.70. The molecule has 0 unspecified atom stereocenters. The lowest BCUT2D eigenvalue weighted by atomic mass is 10.2. The van der Waals surface area contributed by atoms with Crippen LogP contribution in [0.3, 0.4) is 0 Å². The van der Waals surface area contributed by atoms with Gasteiger partial charge in [-0.15, -0.1) is 0 Å². The summed E-state index contributed by atoms with van der Waals surface area (Å²) < 4.78 is 5.81. The molecule has 0 aliphatic heterocycles. The van der Waals surface area contributed by atoms with Gasteiger partial charge in [-0.05, 0) is 44.3 Å². The number of rotatable bonds is 3. The van der Waals surface area contributed by atoms with Crippen LogP contribution in [0.5, 0.6) is 5.75 Å². The molecule has 0 aromatic heterocycles. The van der Waals surface area contributed by atoms with Gasteiger partial charge in [0, 0.05) is 0 Å². The zero-order valence-corrected chi connectivity index (χ0v) is 10.5. The molecular formula is C11H15NO2Si. The van der Waals surface area contributed by atoms with Gasteiger partial charge in [0.2, 0.25) is 14.4 Å². The molecule has 0 spiro atoms. The van der Waals surface area contributed by atoms with E-state index < -0.39 is 8.32 Å². The highest BCUT2D eigenvalue weighted by Gasteiger charge is 2.18. The third kappa shape index (κ3) is 3.70. The smallest absolute Gasteiger partial charge is 0.242 e. The molecule has 0 aliphatic rings. The van der Waals surface area contributed by atoms with Crippen LogP contribution in [0.2, 0.25) is 19.6 Å². The first-order valence-electron chi connectivity index (χ1n) is 4.80. The quantitative estimate of drug-likeness (QED) is 0.446. The summed E-state index contributed by atoms with van der Waals surface area (Å²) in [5.74, 6) is 0.670. The summed E-state index contributed by atoms with van der Waals surface area (Å²) in [7, 11) is -1.67. The van der Waals surface area contributed by atoms with Gasteiger partial charge in [0.25, 0.3) is 0 Å². The standard InChI is InChI=1S/C11H15NO2Si/c1-9-5-6-11(14-15(2,3)4)10(7-9)12-8-13/h5-7H,1-4H3. The van der Waals surface area contributed by atoms with Crippen LogP contribution in [-0.2, 0) is 4.79 Å². The molecule has 1 aromatic rings. The van der Waals surface area contributed by atoms with Crippen LogP contribution >= 0.6 is 0 Å². The molecule has 0 atom stereocenters. The molecule has 0 radical (unpaired) electrons. The van der Waals surface area contributed by atoms with E-state index in [1.807, 2.05) is 25.1 Å². The lowest BCUT2D eigenvalue weighted by Gasteiger charge is -2.20. The Morgan fingerprint density at radius 1 is 1.33 bits per heavy atom. The van der Waals surface area contributed by atoms with Gasteiger partial charge >= 0.3 is 0 Å². The fraction of sp³-hybridized carbons (Fsp3) is 0.364. The molecule has 1 aromatic carbocycles. The third-order valence-corrected chi connectivity index (χ3v) is 2.53. The lowest BCUT2D eigenvalue weighted by Crippen LogP contribution is -2.29. The zero-order chi connectivity index (χ0) is 11.5. The van der Waals surface area contributed by atoms with E-state index in [2.05, 4.69) is 24.6 Å². The number of benzene rings is 1. The Hall–Kier alpha value is -1.38. The van der Waals surface area contributed by atoms with E-state index in [0.717, 1.165) is 5.56 Å². The summed E-state index contributed by atoms with van der Waals surface area (Å²) in [6, 6.07) is 5.61. The molecule has 1 rings (SSSR count). The average Bonchev–Trinajstić information content (AvgIpc) is 2.08. The van der Waals surface area contributed by atoms with Gasteiger partial charge in [-0.2, -0.15) is 4.99 Å². The van der Waals surface area contributed by atoms with Crippen molar-refractivity contribution in [3.05, 3.63) is 23.8 Å².